The van der Waals surface area contributed by atoms with Crippen LogP contribution < -0.4 is 4.74 Å². The molecule has 0 aliphatic heterocycles. The molecule has 0 fully saturated rings. The second kappa shape index (κ2) is 4.71. The lowest BCUT2D eigenvalue weighted by molar-refractivity contribution is 0.134. The van der Waals surface area contributed by atoms with Crippen molar-refractivity contribution in [1.82, 2.24) is 0 Å². The summed E-state index contributed by atoms with van der Waals surface area (Å²) in [6, 6.07) is 4.08. The number of methoxy groups -OCH3 is 1. The molecular formula is C14H20O2. The molecule has 0 aromatic heterocycles. The largest absolute Gasteiger partial charge is 0.496 e. The smallest absolute Gasteiger partial charge is 0.122 e. The fourth-order valence-corrected chi connectivity index (χ4v) is 1.51. The minimum atomic E-state index is -0.778. The maximum absolute atomic E-state index is 9.63. The predicted octanol–water partition coefficient (Wildman–Crippen LogP) is 3.10. The Bertz CT molecular complexity index is 398. The Labute approximate surface area is 97.6 Å². The molecule has 2 nitrogen and oxygen atoms in total. The fourth-order valence-electron chi connectivity index (χ4n) is 1.51. The second-order valence-corrected chi connectivity index (χ2v) is 4.67. The number of ether oxygens (including phenoxy) is 1. The Morgan fingerprint density at radius 3 is 2.31 bits per heavy atom. The van der Waals surface area contributed by atoms with Crippen LogP contribution in [0.25, 0.3) is 6.08 Å². The summed E-state index contributed by atoms with van der Waals surface area (Å²) in [5, 5.41) is 9.63. The van der Waals surface area contributed by atoms with Crippen LogP contribution in [0.15, 0.2) is 18.2 Å². The zero-order valence-corrected chi connectivity index (χ0v) is 10.7. The molecule has 0 amide bonds. The van der Waals surface area contributed by atoms with Gasteiger partial charge in [-0.3, -0.25) is 0 Å². The van der Waals surface area contributed by atoms with Crippen molar-refractivity contribution < 1.29 is 9.84 Å². The maximum Gasteiger partial charge on any atom is 0.122 e. The van der Waals surface area contributed by atoms with Crippen molar-refractivity contribution in [2.45, 2.75) is 33.3 Å². The van der Waals surface area contributed by atoms with Gasteiger partial charge < -0.3 is 9.84 Å². The first-order valence-electron chi connectivity index (χ1n) is 5.40. The van der Waals surface area contributed by atoms with E-state index in [-0.39, 0.29) is 0 Å². The Hall–Kier alpha value is -1.28. The van der Waals surface area contributed by atoms with Crippen LogP contribution in [0.4, 0.5) is 0 Å². The van der Waals surface area contributed by atoms with Gasteiger partial charge in [0.2, 0.25) is 0 Å². The van der Waals surface area contributed by atoms with Crippen molar-refractivity contribution in [3.8, 4) is 5.75 Å². The third-order valence-electron chi connectivity index (χ3n) is 2.45. The Balaban J connectivity index is 3.07. The van der Waals surface area contributed by atoms with E-state index in [9.17, 15) is 5.11 Å². The molecule has 1 rings (SSSR count). The van der Waals surface area contributed by atoms with Crippen molar-refractivity contribution in [1.29, 1.82) is 0 Å². The molecule has 1 N–H and O–H groups in total. The van der Waals surface area contributed by atoms with Crippen LogP contribution in [0.3, 0.4) is 0 Å². The standard InChI is InChI=1S/C14H20O2/c1-10-9-13(16-5)11(2)8-12(10)6-7-14(3,4)15/h6-9,15H,1-5H3. The molecule has 0 atom stereocenters. The summed E-state index contributed by atoms with van der Waals surface area (Å²) in [6.45, 7) is 7.57. The monoisotopic (exact) mass is 220 g/mol. The summed E-state index contributed by atoms with van der Waals surface area (Å²) >= 11 is 0. The summed E-state index contributed by atoms with van der Waals surface area (Å²) in [4.78, 5) is 0. The van der Waals surface area contributed by atoms with E-state index in [2.05, 4.69) is 6.07 Å². The fraction of sp³-hybridized carbons (Fsp3) is 0.429. The molecule has 0 aliphatic rings. The first kappa shape index (κ1) is 12.8. The molecule has 16 heavy (non-hydrogen) atoms. The molecule has 88 valence electrons. The highest BCUT2D eigenvalue weighted by atomic mass is 16.5. The van der Waals surface area contributed by atoms with E-state index in [0.29, 0.717) is 0 Å². The molecule has 0 saturated carbocycles. The van der Waals surface area contributed by atoms with Gasteiger partial charge in [0.15, 0.2) is 0 Å². The second-order valence-electron chi connectivity index (χ2n) is 4.67. The van der Waals surface area contributed by atoms with Gasteiger partial charge in [0, 0.05) is 0 Å². The highest BCUT2D eigenvalue weighted by Crippen LogP contribution is 2.23. The maximum atomic E-state index is 9.63. The van der Waals surface area contributed by atoms with Crippen molar-refractivity contribution in [3.63, 3.8) is 0 Å². The number of hydrogen-bond acceptors (Lipinski definition) is 2. The zero-order chi connectivity index (χ0) is 12.3. The first-order valence-corrected chi connectivity index (χ1v) is 5.40. The number of aryl methyl sites for hydroxylation is 2. The molecular weight excluding hydrogens is 200 g/mol. The Kier molecular flexibility index (Phi) is 3.76. The van der Waals surface area contributed by atoms with Gasteiger partial charge >= 0.3 is 0 Å². The normalized spacial score (nSPS) is 12.1. The van der Waals surface area contributed by atoms with Crippen LogP contribution >= 0.6 is 0 Å². The van der Waals surface area contributed by atoms with Crippen LogP contribution in [-0.4, -0.2) is 17.8 Å². The van der Waals surface area contributed by atoms with Crippen molar-refractivity contribution in [2.75, 3.05) is 7.11 Å². The minimum Gasteiger partial charge on any atom is -0.496 e. The van der Waals surface area contributed by atoms with E-state index < -0.39 is 5.60 Å². The van der Waals surface area contributed by atoms with Gasteiger partial charge in [-0.15, -0.1) is 0 Å². The Morgan fingerprint density at radius 1 is 1.19 bits per heavy atom. The van der Waals surface area contributed by atoms with Gasteiger partial charge in [0.25, 0.3) is 0 Å². The molecule has 0 bridgehead atoms. The average Bonchev–Trinajstić information content (AvgIpc) is 2.17. The van der Waals surface area contributed by atoms with E-state index in [0.717, 1.165) is 22.4 Å². The topological polar surface area (TPSA) is 29.5 Å². The first-order chi connectivity index (χ1) is 7.33. The van der Waals surface area contributed by atoms with E-state index in [1.54, 1.807) is 27.0 Å². The van der Waals surface area contributed by atoms with E-state index in [1.807, 2.05) is 26.0 Å². The van der Waals surface area contributed by atoms with Crippen LogP contribution in [0, 0.1) is 13.8 Å². The minimum absolute atomic E-state index is 0.778. The molecule has 0 unspecified atom stereocenters. The molecule has 0 saturated heterocycles. The molecule has 2 heteroatoms. The van der Waals surface area contributed by atoms with Crippen LogP contribution in [0.5, 0.6) is 5.75 Å². The average molecular weight is 220 g/mol. The van der Waals surface area contributed by atoms with Crippen LogP contribution in [0.1, 0.15) is 30.5 Å². The van der Waals surface area contributed by atoms with Crippen molar-refractivity contribution >= 4 is 6.08 Å². The molecule has 0 heterocycles. The third kappa shape index (κ3) is 3.38. The summed E-state index contributed by atoms with van der Waals surface area (Å²) < 4.78 is 5.25. The molecule has 0 spiro atoms. The van der Waals surface area contributed by atoms with Crippen molar-refractivity contribution in [3.05, 3.63) is 34.9 Å². The summed E-state index contributed by atoms with van der Waals surface area (Å²) in [5.74, 6) is 0.901. The Morgan fingerprint density at radius 2 is 1.81 bits per heavy atom. The number of rotatable bonds is 3. The molecule has 0 radical (unpaired) electrons. The third-order valence-corrected chi connectivity index (χ3v) is 2.45. The number of benzene rings is 1. The summed E-state index contributed by atoms with van der Waals surface area (Å²) in [5.41, 5.74) is 2.58. The predicted molar refractivity (Wildman–Crippen MR) is 67.8 cm³/mol. The number of aliphatic hydroxyl groups is 1. The molecule has 1 aromatic carbocycles. The number of hydrogen-bond donors (Lipinski definition) is 1. The van der Waals surface area contributed by atoms with Crippen LogP contribution in [0.2, 0.25) is 0 Å². The zero-order valence-electron chi connectivity index (χ0n) is 10.7. The lowest BCUT2D eigenvalue weighted by Gasteiger charge is -2.12. The summed E-state index contributed by atoms with van der Waals surface area (Å²) in [6.07, 6.45) is 3.74. The van der Waals surface area contributed by atoms with E-state index >= 15 is 0 Å². The lowest BCUT2D eigenvalue weighted by atomic mass is 10.0. The molecule has 1 aromatic rings. The van der Waals surface area contributed by atoms with Gasteiger partial charge in [0.05, 0.1) is 12.7 Å². The van der Waals surface area contributed by atoms with Gasteiger partial charge in [-0.05, 0) is 56.5 Å². The van der Waals surface area contributed by atoms with Gasteiger partial charge in [-0.2, -0.15) is 0 Å². The van der Waals surface area contributed by atoms with Gasteiger partial charge in [0.1, 0.15) is 5.75 Å². The lowest BCUT2D eigenvalue weighted by Crippen LogP contribution is -2.13. The SMILES string of the molecule is COc1cc(C)c(C=CC(C)(C)O)cc1C. The molecule has 0 aliphatic carbocycles. The highest BCUT2D eigenvalue weighted by Gasteiger charge is 2.07. The van der Waals surface area contributed by atoms with E-state index in [1.165, 1.54) is 0 Å². The quantitative estimate of drug-likeness (QED) is 0.848. The summed E-state index contributed by atoms with van der Waals surface area (Å²) in [7, 11) is 1.67. The van der Waals surface area contributed by atoms with Crippen molar-refractivity contribution in [2.24, 2.45) is 0 Å². The van der Waals surface area contributed by atoms with E-state index in [4.69, 9.17) is 4.74 Å². The van der Waals surface area contributed by atoms with Crippen LogP contribution in [-0.2, 0) is 0 Å². The van der Waals surface area contributed by atoms with Gasteiger partial charge in [-0.1, -0.05) is 12.2 Å². The van der Waals surface area contributed by atoms with Gasteiger partial charge in [-0.25, -0.2) is 0 Å². The highest BCUT2D eigenvalue weighted by molar-refractivity contribution is 5.58.